The highest BCUT2D eigenvalue weighted by atomic mass is 19.1. The number of hydrogen-bond acceptors (Lipinski definition) is 2. The summed E-state index contributed by atoms with van der Waals surface area (Å²) in [6, 6.07) is 4.94. The summed E-state index contributed by atoms with van der Waals surface area (Å²) in [5.41, 5.74) is 0.629. The molecule has 0 aromatic heterocycles. The molecule has 1 aromatic carbocycles. The molecule has 0 aliphatic rings. The van der Waals surface area contributed by atoms with Crippen LogP contribution in [0.4, 0.5) is 4.39 Å². The van der Waals surface area contributed by atoms with Crippen molar-refractivity contribution in [2.24, 2.45) is 0 Å². The molecule has 1 atom stereocenters. The van der Waals surface area contributed by atoms with E-state index in [-0.39, 0.29) is 11.9 Å². The lowest BCUT2D eigenvalue weighted by atomic mass is 10.0. The first-order valence-electron chi connectivity index (χ1n) is 5.30. The SMILES string of the molecule is CCNC(CC)c1c(F)cccc1OC. The van der Waals surface area contributed by atoms with Crippen molar-refractivity contribution in [3.8, 4) is 5.75 Å². The summed E-state index contributed by atoms with van der Waals surface area (Å²) in [7, 11) is 1.57. The summed E-state index contributed by atoms with van der Waals surface area (Å²) >= 11 is 0. The standard InChI is InChI=1S/C12H18FNO/c1-4-10(14-5-2)12-9(13)7-6-8-11(12)15-3/h6-8,10,14H,4-5H2,1-3H3. The Labute approximate surface area is 90.4 Å². The van der Waals surface area contributed by atoms with Crippen molar-refractivity contribution in [3.63, 3.8) is 0 Å². The molecule has 0 saturated carbocycles. The largest absolute Gasteiger partial charge is 0.496 e. The van der Waals surface area contributed by atoms with Gasteiger partial charge in [-0.1, -0.05) is 19.9 Å². The summed E-state index contributed by atoms with van der Waals surface area (Å²) in [4.78, 5) is 0. The Balaban J connectivity index is 3.08. The number of halogens is 1. The first-order valence-corrected chi connectivity index (χ1v) is 5.30. The molecule has 0 spiro atoms. The number of methoxy groups -OCH3 is 1. The summed E-state index contributed by atoms with van der Waals surface area (Å²) in [5, 5.41) is 3.24. The van der Waals surface area contributed by atoms with Crippen LogP contribution in [-0.2, 0) is 0 Å². The molecule has 0 saturated heterocycles. The molecule has 1 unspecified atom stereocenters. The van der Waals surface area contributed by atoms with Crippen molar-refractivity contribution in [2.75, 3.05) is 13.7 Å². The fourth-order valence-corrected chi connectivity index (χ4v) is 1.73. The van der Waals surface area contributed by atoms with Crippen molar-refractivity contribution >= 4 is 0 Å². The molecule has 1 N–H and O–H groups in total. The lowest BCUT2D eigenvalue weighted by Gasteiger charge is -2.19. The molecule has 0 aliphatic heterocycles. The molecule has 0 fully saturated rings. The third-order valence-electron chi connectivity index (χ3n) is 2.44. The summed E-state index contributed by atoms with van der Waals surface area (Å²) < 4.78 is 18.9. The highest BCUT2D eigenvalue weighted by Gasteiger charge is 2.17. The second-order valence-corrected chi connectivity index (χ2v) is 3.37. The molecule has 0 heterocycles. The van der Waals surface area contributed by atoms with Crippen LogP contribution in [0.3, 0.4) is 0 Å². The van der Waals surface area contributed by atoms with Gasteiger partial charge in [-0.05, 0) is 25.1 Å². The van der Waals surface area contributed by atoms with Gasteiger partial charge in [-0.25, -0.2) is 4.39 Å². The maximum absolute atomic E-state index is 13.7. The highest BCUT2D eigenvalue weighted by Crippen LogP contribution is 2.29. The monoisotopic (exact) mass is 211 g/mol. The molecule has 84 valence electrons. The van der Waals surface area contributed by atoms with Crippen LogP contribution in [0.15, 0.2) is 18.2 Å². The first-order chi connectivity index (χ1) is 7.24. The van der Waals surface area contributed by atoms with E-state index < -0.39 is 0 Å². The Bertz CT molecular complexity index is 314. The van der Waals surface area contributed by atoms with Crippen LogP contribution in [0.2, 0.25) is 0 Å². The quantitative estimate of drug-likeness (QED) is 0.808. The lowest BCUT2D eigenvalue weighted by Crippen LogP contribution is -2.21. The minimum atomic E-state index is -0.206. The maximum Gasteiger partial charge on any atom is 0.131 e. The minimum absolute atomic E-state index is 0.0196. The molecule has 2 nitrogen and oxygen atoms in total. The smallest absolute Gasteiger partial charge is 0.131 e. The topological polar surface area (TPSA) is 21.3 Å². The number of hydrogen-bond donors (Lipinski definition) is 1. The molecular formula is C12H18FNO. The number of nitrogens with one attached hydrogen (secondary N) is 1. The fourth-order valence-electron chi connectivity index (χ4n) is 1.73. The van der Waals surface area contributed by atoms with Gasteiger partial charge in [0.15, 0.2) is 0 Å². The van der Waals surface area contributed by atoms with Gasteiger partial charge in [0.1, 0.15) is 11.6 Å². The molecule has 0 aliphatic carbocycles. The van der Waals surface area contributed by atoms with Gasteiger partial charge < -0.3 is 10.1 Å². The normalized spacial score (nSPS) is 12.5. The summed E-state index contributed by atoms with van der Waals surface area (Å²) in [6.45, 7) is 4.85. The lowest BCUT2D eigenvalue weighted by molar-refractivity contribution is 0.389. The predicted molar refractivity (Wildman–Crippen MR) is 59.7 cm³/mol. The van der Waals surface area contributed by atoms with Crippen LogP contribution in [0, 0.1) is 5.82 Å². The molecule has 1 rings (SSSR count). The van der Waals surface area contributed by atoms with E-state index in [1.807, 2.05) is 13.8 Å². The van der Waals surface area contributed by atoms with Gasteiger partial charge in [-0.15, -0.1) is 0 Å². The Morgan fingerprint density at radius 3 is 2.67 bits per heavy atom. The molecule has 0 amide bonds. The summed E-state index contributed by atoms with van der Waals surface area (Å²) in [6.07, 6.45) is 0.838. The second kappa shape index (κ2) is 5.71. The third-order valence-corrected chi connectivity index (χ3v) is 2.44. The minimum Gasteiger partial charge on any atom is -0.496 e. The van der Waals surface area contributed by atoms with Gasteiger partial charge >= 0.3 is 0 Å². The zero-order chi connectivity index (χ0) is 11.3. The van der Waals surface area contributed by atoms with Crippen molar-refractivity contribution in [3.05, 3.63) is 29.6 Å². The van der Waals surface area contributed by atoms with E-state index in [2.05, 4.69) is 5.32 Å². The Morgan fingerprint density at radius 1 is 1.40 bits per heavy atom. The van der Waals surface area contributed by atoms with Crippen LogP contribution >= 0.6 is 0 Å². The molecule has 0 bridgehead atoms. The molecule has 0 radical (unpaired) electrons. The van der Waals surface area contributed by atoms with Crippen LogP contribution < -0.4 is 10.1 Å². The van der Waals surface area contributed by atoms with Gasteiger partial charge in [0, 0.05) is 11.6 Å². The number of benzene rings is 1. The average molecular weight is 211 g/mol. The third kappa shape index (κ3) is 2.69. The van der Waals surface area contributed by atoms with Gasteiger partial charge in [0.05, 0.1) is 7.11 Å². The van der Waals surface area contributed by atoms with E-state index >= 15 is 0 Å². The Morgan fingerprint density at radius 2 is 2.13 bits per heavy atom. The van der Waals surface area contributed by atoms with E-state index in [1.165, 1.54) is 6.07 Å². The number of rotatable bonds is 5. The molecule has 3 heteroatoms. The fraction of sp³-hybridized carbons (Fsp3) is 0.500. The van der Waals surface area contributed by atoms with Gasteiger partial charge in [0.25, 0.3) is 0 Å². The van der Waals surface area contributed by atoms with Crippen molar-refractivity contribution in [2.45, 2.75) is 26.3 Å². The first kappa shape index (κ1) is 12.0. The van der Waals surface area contributed by atoms with E-state index in [0.29, 0.717) is 11.3 Å². The molecular weight excluding hydrogens is 193 g/mol. The van der Waals surface area contributed by atoms with Crippen LogP contribution in [-0.4, -0.2) is 13.7 Å². The second-order valence-electron chi connectivity index (χ2n) is 3.37. The van der Waals surface area contributed by atoms with Crippen molar-refractivity contribution in [1.29, 1.82) is 0 Å². The van der Waals surface area contributed by atoms with Crippen LogP contribution in [0.1, 0.15) is 31.9 Å². The van der Waals surface area contributed by atoms with Crippen LogP contribution in [0.25, 0.3) is 0 Å². The Hall–Kier alpha value is -1.09. The highest BCUT2D eigenvalue weighted by molar-refractivity contribution is 5.37. The van der Waals surface area contributed by atoms with E-state index in [4.69, 9.17) is 4.74 Å². The van der Waals surface area contributed by atoms with E-state index in [1.54, 1.807) is 19.2 Å². The zero-order valence-corrected chi connectivity index (χ0v) is 9.51. The maximum atomic E-state index is 13.7. The zero-order valence-electron chi connectivity index (χ0n) is 9.51. The average Bonchev–Trinajstić information content (AvgIpc) is 2.26. The Kier molecular flexibility index (Phi) is 4.56. The van der Waals surface area contributed by atoms with Gasteiger partial charge in [0.2, 0.25) is 0 Å². The van der Waals surface area contributed by atoms with Crippen LogP contribution in [0.5, 0.6) is 5.75 Å². The predicted octanol–water partition coefficient (Wildman–Crippen LogP) is 2.89. The number of ether oxygens (including phenoxy) is 1. The van der Waals surface area contributed by atoms with Crippen molar-refractivity contribution in [1.82, 2.24) is 5.32 Å². The van der Waals surface area contributed by atoms with E-state index in [9.17, 15) is 4.39 Å². The van der Waals surface area contributed by atoms with Crippen molar-refractivity contribution < 1.29 is 9.13 Å². The van der Waals surface area contributed by atoms with Gasteiger partial charge in [-0.2, -0.15) is 0 Å². The van der Waals surface area contributed by atoms with Gasteiger partial charge in [-0.3, -0.25) is 0 Å². The van der Waals surface area contributed by atoms with E-state index in [0.717, 1.165) is 13.0 Å². The molecule has 1 aromatic rings. The molecule has 15 heavy (non-hydrogen) atoms. The summed E-state index contributed by atoms with van der Waals surface area (Å²) in [5.74, 6) is 0.407.